The molecule has 2 aliphatic carbocycles. The molecule has 1 heterocycles. The molecule has 2 aromatic rings. The molecular formula is C22H24N2O4S. The lowest BCUT2D eigenvalue weighted by atomic mass is 9.79. The van der Waals surface area contributed by atoms with Crippen molar-refractivity contribution in [3.05, 3.63) is 46.3 Å². The van der Waals surface area contributed by atoms with E-state index in [0.717, 1.165) is 42.5 Å². The van der Waals surface area contributed by atoms with Gasteiger partial charge in [-0.3, -0.25) is 14.4 Å². The van der Waals surface area contributed by atoms with Crippen LogP contribution in [-0.4, -0.2) is 22.9 Å². The number of aliphatic carboxylic acids is 1. The van der Waals surface area contributed by atoms with Gasteiger partial charge in [-0.1, -0.05) is 31.0 Å². The van der Waals surface area contributed by atoms with E-state index in [1.165, 1.54) is 11.3 Å². The fourth-order valence-corrected chi connectivity index (χ4v) is 5.68. The second-order valence-corrected chi connectivity index (χ2v) is 8.81. The fourth-order valence-electron chi connectivity index (χ4n) is 4.39. The summed E-state index contributed by atoms with van der Waals surface area (Å²) in [5.41, 5.74) is 2.24. The Bertz CT molecular complexity index is 938. The number of carboxylic acids is 1. The first-order valence-electron chi connectivity index (χ1n) is 10.1. The van der Waals surface area contributed by atoms with Crippen LogP contribution in [0.4, 0.5) is 10.7 Å². The van der Waals surface area contributed by atoms with Crippen LogP contribution in [0, 0.1) is 11.8 Å². The van der Waals surface area contributed by atoms with Crippen LogP contribution >= 0.6 is 11.3 Å². The number of carbonyl (C=O) groups is 3. The molecule has 0 spiro atoms. The average molecular weight is 413 g/mol. The highest BCUT2D eigenvalue weighted by Gasteiger charge is 2.37. The van der Waals surface area contributed by atoms with Gasteiger partial charge in [0.05, 0.1) is 17.4 Å². The average Bonchev–Trinajstić information content (AvgIpc) is 3.29. The SMILES string of the molecule is O=C(Nc1ccccc1)c1c(NC(=O)[C@H]2CCCC[C@@H]2C(=O)O)sc2c1CCC2. The Hall–Kier alpha value is -2.67. The number of para-hydroxylation sites is 1. The lowest BCUT2D eigenvalue weighted by Crippen LogP contribution is -2.36. The molecule has 4 rings (SSSR count). The largest absolute Gasteiger partial charge is 0.481 e. The lowest BCUT2D eigenvalue weighted by molar-refractivity contribution is -0.147. The quantitative estimate of drug-likeness (QED) is 0.682. The molecule has 2 aliphatic rings. The van der Waals surface area contributed by atoms with Crippen molar-refractivity contribution < 1.29 is 19.5 Å². The van der Waals surface area contributed by atoms with E-state index in [1.807, 2.05) is 30.3 Å². The summed E-state index contributed by atoms with van der Waals surface area (Å²) in [4.78, 5) is 38.7. The van der Waals surface area contributed by atoms with Gasteiger partial charge in [0.25, 0.3) is 5.91 Å². The molecule has 29 heavy (non-hydrogen) atoms. The lowest BCUT2D eigenvalue weighted by Gasteiger charge is -2.27. The van der Waals surface area contributed by atoms with Crippen molar-refractivity contribution in [2.24, 2.45) is 11.8 Å². The summed E-state index contributed by atoms with van der Waals surface area (Å²) in [5, 5.41) is 15.9. The smallest absolute Gasteiger partial charge is 0.307 e. The zero-order chi connectivity index (χ0) is 20.4. The van der Waals surface area contributed by atoms with E-state index in [-0.39, 0.29) is 11.8 Å². The van der Waals surface area contributed by atoms with Crippen molar-refractivity contribution in [3.63, 3.8) is 0 Å². The van der Waals surface area contributed by atoms with Gasteiger partial charge in [0.15, 0.2) is 0 Å². The van der Waals surface area contributed by atoms with Gasteiger partial charge in [0.2, 0.25) is 5.91 Å². The minimum Gasteiger partial charge on any atom is -0.481 e. The van der Waals surface area contributed by atoms with Crippen LogP contribution in [0.1, 0.15) is 52.9 Å². The molecule has 1 aromatic heterocycles. The van der Waals surface area contributed by atoms with Crippen LogP contribution in [0.2, 0.25) is 0 Å². The number of nitrogens with one attached hydrogen (secondary N) is 2. The number of amides is 2. The summed E-state index contributed by atoms with van der Waals surface area (Å²) in [7, 11) is 0. The topological polar surface area (TPSA) is 95.5 Å². The van der Waals surface area contributed by atoms with Gasteiger partial charge in [0.1, 0.15) is 5.00 Å². The molecule has 2 amide bonds. The Morgan fingerprint density at radius 1 is 0.931 bits per heavy atom. The molecular weight excluding hydrogens is 388 g/mol. The maximum atomic E-state index is 13.0. The van der Waals surface area contributed by atoms with Crippen LogP contribution in [0.5, 0.6) is 0 Å². The van der Waals surface area contributed by atoms with Crippen molar-refractivity contribution in [1.29, 1.82) is 0 Å². The monoisotopic (exact) mass is 412 g/mol. The molecule has 7 heteroatoms. The number of anilines is 2. The summed E-state index contributed by atoms with van der Waals surface area (Å²) < 4.78 is 0. The number of hydrogen-bond donors (Lipinski definition) is 3. The molecule has 1 saturated carbocycles. The number of thiophene rings is 1. The first kappa shape index (κ1) is 19.6. The Kier molecular flexibility index (Phi) is 5.67. The van der Waals surface area contributed by atoms with E-state index in [1.54, 1.807) is 0 Å². The van der Waals surface area contributed by atoms with E-state index in [2.05, 4.69) is 10.6 Å². The van der Waals surface area contributed by atoms with Gasteiger partial charge in [-0.25, -0.2) is 0 Å². The highest BCUT2D eigenvalue weighted by atomic mass is 32.1. The third-order valence-electron chi connectivity index (χ3n) is 5.84. The second kappa shape index (κ2) is 8.37. The molecule has 6 nitrogen and oxygen atoms in total. The summed E-state index contributed by atoms with van der Waals surface area (Å²) in [5.74, 6) is -2.64. The predicted octanol–water partition coefficient (Wildman–Crippen LogP) is 4.32. The van der Waals surface area contributed by atoms with Crippen LogP contribution in [0.25, 0.3) is 0 Å². The van der Waals surface area contributed by atoms with E-state index in [4.69, 9.17) is 0 Å². The minimum atomic E-state index is -0.916. The summed E-state index contributed by atoms with van der Waals surface area (Å²) in [6.07, 6.45) is 5.51. The number of carboxylic acid groups (broad SMARTS) is 1. The molecule has 3 N–H and O–H groups in total. The molecule has 1 fully saturated rings. The standard InChI is InChI=1S/C22H24N2O4S/c25-19(14-9-4-5-10-15(14)22(27)28)24-21-18(16-11-6-12-17(16)29-21)20(26)23-13-7-2-1-3-8-13/h1-3,7-8,14-15H,4-6,9-12H2,(H,23,26)(H,24,25)(H,27,28)/t14-,15-/m0/s1. The summed E-state index contributed by atoms with van der Waals surface area (Å²) in [6.45, 7) is 0. The Labute approximate surface area is 173 Å². The molecule has 0 saturated heterocycles. The third kappa shape index (κ3) is 4.05. The first-order valence-corrected chi connectivity index (χ1v) is 10.9. The Balaban J connectivity index is 1.58. The number of fused-ring (bicyclic) bond motifs is 1. The van der Waals surface area contributed by atoms with Crippen LogP contribution in [0.3, 0.4) is 0 Å². The van der Waals surface area contributed by atoms with Crippen molar-refractivity contribution in [2.75, 3.05) is 10.6 Å². The van der Waals surface area contributed by atoms with E-state index < -0.39 is 17.8 Å². The van der Waals surface area contributed by atoms with Gasteiger partial charge < -0.3 is 15.7 Å². The molecule has 152 valence electrons. The highest BCUT2D eigenvalue weighted by molar-refractivity contribution is 7.17. The Morgan fingerprint density at radius 2 is 1.66 bits per heavy atom. The van der Waals surface area contributed by atoms with E-state index in [0.29, 0.717) is 29.1 Å². The second-order valence-electron chi connectivity index (χ2n) is 7.71. The molecule has 0 aliphatic heterocycles. The maximum Gasteiger partial charge on any atom is 0.307 e. The highest BCUT2D eigenvalue weighted by Crippen LogP contribution is 2.40. The Morgan fingerprint density at radius 3 is 2.38 bits per heavy atom. The van der Waals surface area contributed by atoms with Crippen molar-refractivity contribution in [3.8, 4) is 0 Å². The molecule has 0 radical (unpaired) electrons. The minimum absolute atomic E-state index is 0.232. The van der Waals surface area contributed by atoms with Gasteiger partial charge >= 0.3 is 5.97 Å². The zero-order valence-corrected chi connectivity index (χ0v) is 16.9. The maximum absolute atomic E-state index is 13.0. The van der Waals surface area contributed by atoms with E-state index >= 15 is 0 Å². The molecule has 2 atom stereocenters. The van der Waals surface area contributed by atoms with Gasteiger partial charge in [-0.2, -0.15) is 0 Å². The summed E-state index contributed by atoms with van der Waals surface area (Å²) in [6, 6.07) is 9.23. The fraction of sp³-hybridized carbons (Fsp3) is 0.409. The van der Waals surface area contributed by atoms with Crippen LogP contribution in [0.15, 0.2) is 30.3 Å². The molecule has 0 bridgehead atoms. The first-order chi connectivity index (χ1) is 14.0. The van der Waals surface area contributed by atoms with Crippen molar-refractivity contribution >= 4 is 39.8 Å². The van der Waals surface area contributed by atoms with E-state index in [9.17, 15) is 19.5 Å². The van der Waals surface area contributed by atoms with Crippen LogP contribution < -0.4 is 10.6 Å². The zero-order valence-electron chi connectivity index (χ0n) is 16.1. The normalized spacial score (nSPS) is 20.7. The number of benzene rings is 1. The predicted molar refractivity (Wildman–Crippen MR) is 112 cm³/mol. The van der Waals surface area contributed by atoms with Gasteiger partial charge in [0, 0.05) is 10.6 Å². The number of carbonyl (C=O) groups excluding carboxylic acids is 2. The number of aryl methyl sites for hydroxylation is 1. The molecule has 0 unspecified atom stereocenters. The van der Waals surface area contributed by atoms with Crippen molar-refractivity contribution in [1.82, 2.24) is 0 Å². The number of hydrogen-bond acceptors (Lipinski definition) is 4. The van der Waals surface area contributed by atoms with Crippen molar-refractivity contribution in [2.45, 2.75) is 44.9 Å². The third-order valence-corrected chi connectivity index (χ3v) is 7.04. The molecule has 1 aromatic carbocycles. The summed E-state index contributed by atoms with van der Waals surface area (Å²) >= 11 is 1.45. The number of rotatable bonds is 5. The van der Waals surface area contributed by atoms with Gasteiger partial charge in [-0.05, 0) is 49.8 Å². The van der Waals surface area contributed by atoms with Gasteiger partial charge in [-0.15, -0.1) is 11.3 Å². The van der Waals surface area contributed by atoms with Crippen LogP contribution in [-0.2, 0) is 22.4 Å².